The van der Waals surface area contributed by atoms with Crippen LogP contribution in [-0.4, -0.2) is 22.9 Å². The number of nitro groups is 1. The minimum atomic E-state index is -0.657. The smallest absolute Gasteiger partial charge is 0.305 e. The van der Waals surface area contributed by atoms with Gasteiger partial charge in [-0.3, -0.25) is 20.2 Å². The molecule has 0 radical (unpaired) electrons. The Morgan fingerprint density at radius 2 is 2.20 bits per heavy atom. The number of hydrogen-bond acceptors (Lipinski definition) is 6. The summed E-state index contributed by atoms with van der Waals surface area (Å²) >= 11 is 0. The van der Waals surface area contributed by atoms with Crippen LogP contribution in [0.5, 0.6) is 0 Å². The van der Waals surface area contributed by atoms with E-state index in [1.54, 1.807) is 20.0 Å². The molecule has 0 saturated heterocycles. The van der Waals surface area contributed by atoms with Crippen molar-refractivity contribution < 1.29 is 14.1 Å². The molecule has 2 aromatic rings. The molecule has 0 aliphatic carbocycles. The highest BCUT2D eigenvalue weighted by molar-refractivity contribution is 6.07. The van der Waals surface area contributed by atoms with Gasteiger partial charge in [0.05, 0.1) is 10.6 Å². The van der Waals surface area contributed by atoms with Crippen molar-refractivity contribution in [3.63, 3.8) is 0 Å². The molecule has 0 aliphatic rings. The lowest BCUT2D eigenvalue weighted by atomic mass is 10.1. The number of oxazole rings is 1. The van der Waals surface area contributed by atoms with E-state index in [2.05, 4.69) is 15.6 Å². The quantitative estimate of drug-likeness (QED) is 0.654. The van der Waals surface area contributed by atoms with Crippen LogP contribution in [0.15, 0.2) is 28.9 Å². The molecule has 0 saturated carbocycles. The van der Waals surface area contributed by atoms with Gasteiger partial charge in [0.25, 0.3) is 5.91 Å². The summed E-state index contributed by atoms with van der Waals surface area (Å²) in [5.41, 5.74) is 0.485. The number of para-hydroxylation sites is 1. The third-order valence-corrected chi connectivity index (χ3v) is 2.57. The highest BCUT2D eigenvalue weighted by Crippen LogP contribution is 2.28. The third kappa shape index (κ3) is 2.58. The van der Waals surface area contributed by atoms with Crippen LogP contribution in [0.2, 0.25) is 0 Å². The molecule has 2 N–H and O–H groups in total. The Bertz CT molecular complexity index is 665. The van der Waals surface area contributed by atoms with Gasteiger partial charge < -0.3 is 9.73 Å². The van der Waals surface area contributed by atoms with Gasteiger partial charge in [0, 0.05) is 7.05 Å². The normalized spacial score (nSPS) is 10.1. The van der Waals surface area contributed by atoms with Crippen LogP contribution in [-0.2, 0) is 0 Å². The molecule has 8 nitrogen and oxygen atoms in total. The van der Waals surface area contributed by atoms with Gasteiger partial charge in [0.1, 0.15) is 17.5 Å². The van der Waals surface area contributed by atoms with Crippen LogP contribution in [0.1, 0.15) is 16.1 Å². The molecule has 0 atom stereocenters. The van der Waals surface area contributed by atoms with Crippen molar-refractivity contribution in [3.8, 4) is 0 Å². The summed E-state index contributed by atoms with van der Waals surface area (Å²) in [5.74, 6) is -0.657. The number of nitrogens with one attached hydrogen (secondary N) is 2. The molecule has 0 aliphatic heterocycles. The van der Waals surface area contributed by atoms with Gasteiger partial charge in [0.15, 0.2) is 0 Å². The zero-order valence-electron chi connectivity index (χ0n) is 10.8. The Hall–Kier alpha value is -2.90. The fraction of sp³-hybridized carbons (Fsp3) is 0.167. The van der Waals surface area contributed by atoms with E-state index in [-0.39, 0.29) is 23.0 Å². The number of benzene rings is 1. The third-order valence-electron chi connectivity index (χ3n) is 2.57. The maximum Gasteiger partial charge on any atom is 0.305 e. The number of nitrogens with zero attached hydrogens (tertiary/aromatic N) is 2. The zero-order valence-corrected chi connectivity index (χ0v) is 10.8. The minimum Gasteiger partial charge on any atom is -0.432 e. The van der Waals surface area contributed by atoms with Gasteiger partial charge in [-0.05, 0) is 19.1 Å². The lowest BCUT2D eigenvalue weighted by molar-refractivity contribution is -0.384. The second kappa shape index (κ2) is 5.39. The number of aryl methyl sites for hydroxylation is 1. The van der Waals surface area contributed by atoms with E-state index < -0.39 is 10.8 Å². The molecule has 2 rings (SSSR count). The van der Waals surface area contributed by atoms with Crippen LogP contribution < -0.4 is 10.6 Å². The van der Waals surface area contributed by atoms with Crippen molar-refractivity contribution in [2.45, 2.75) is 6.92 Å². The first-order valence-electron chi connectivity index (χ1n) is 5.71. The van der Waals surface area contributed by atoms with Crippen molar-refractivity contribution in [2.75, 3.05) is 17.7 Å². The van der Waals surface area contributed by atoms with E-state index in [0.29, 0.717) is 5.69 Å². The molecular formula is C12H12N4O4. The van der Waals surface area contributed by atoms with Crippen molar-refractivity contribution in [1.82, 2.24) is 4.98 Å². The summed E-state index contributed by atoms with van der Waals surface area (Å²) in [6.07, 6.45) is 1.37. The predicted octanol–water partition coefficient (Wildman–Crippen LogP) is 2.19. The number of hydrogen-bond donors (Lipinski definition) is 2. The van der Waals surface area contributed by atoms with E-state index in [1.807, 2.05) is 0 Å². The highest BCUT2D eigenvalue weighted by atomic mass is 16.6. The largest absolute Gasteiger partial charge is 0.432 e. The number of carbonyl (C=O) groups excluding carboxylic acids is 1. The van der Waals surface area contributed by atoms with Crippen molar-refractivity contribution in [2.24, 2.45) is 0 Å². The molecule has 0 spiro atoms. The summed E-state index contributed by atoms with van der Waals surface area (Å²) in [6, 6.07) is 4.43. The molecule has 1 heterocycles. The lowest BCUT2D eigenvalue weighted by Crippen LogP contribution is -2.15. The van der Waals surface area contributed by atoms with E-state index >= 15 is 0 Å². The second-order valence-corrected chi connectivity index (χ2v) is 3.96. The summed E-state index contributed by atoms with van der Waals surface area (Å²) < 4.78 is 4.98. The topological polar surface area (TPSA) is 110 Å². The van der Waals surface area contributed by atoms with Gasteiger partial charge in [-0.2, -0.15) is 4.98 Å². The summed E-state index contributed by atoms with van der Waals surface area (Å²) in [5, 5.41) is 16.2. The maximum atomic E-state index is 12.1. The SMILES string of the molecule is CNc1cccc(C(=O)Nc2nc(C)co2)c1[N+](=O)[O-]. The monoisotopic (exact) mass is 276 g/mol. The molecule has 1 aromatic heterocycles. The first kappa shape index (κ1) is 13.5. The number of anilines is 2. The number of carbonyl (C=O) groups is 1. The average Bonchev–Trinajstić information content (AvgIpc) is 2.82. The Labute approximate surface area is 114 Å². The molecule has 104 valence electrons. The first-order valence-corrected chi connectivity index (χ1v) is 5.71. The van der Waals surface area contributed by atoms with Crippen LogP contribution >= 0.6 is 0 Å². The average molecular weight is 276 g/mol. The Balaban J connectivity index is 2.36. The second-order valence-electron chi connectivity index (χ2n) is 3.96. The number of amides is 1. The van der Waals surface area contributed by atoms with Crippen LogP contribution in [0.25, 0.3) is 0 Å². The van der Waals surface area contributed by atoms with E-state index in [4.69, 9.17) is 4.42 Å². The van der Waals surface area contributed by atoms with E-state index in [0.717, 1.165) is 0 Å². The Morgan fingerprint density at radius 1 is 1.45 bits per heavy atom. The summed E-state index contributed by atoms with van der Waals surface area (Å²) in [4.78, 5) is 26.5. The maximum absolute atomic E-state index is 12.1. The van der Waals surface area contributed by atoms with Gasteiger partial charge >= 0.3 is 11.7 Å². The van der Waals surface area contributed by atoms with E-state index in [1.165, 1.54) is 18.4 Å². The summed E-state index contributed by atoms with van der Waals surface area (Å²) in [6.45, 7) is 1.70. The molecule has 0 bridgehead atoms. The molecule has 0 fully saturated rings. The van der Waals surface area contributed by atoms with Gasteiger partial charge in [-0.1, -0.05) is 6.07 Å². The Kier molecular flexibility index (Phi) is 3.65. The van der Waals surface area contributed by atoms with Crippen LogP contribution in [0, 0.1) is 17.0 Å². The first-order chi connectivity index (χ1) is 9.52. The predicted molar refractivity (Wildman–Crippen MR) is 71.8 cm³/mol. The highest BCUT2D eigenvalue weighted by Gasteiger charge is 2.24. The van der Waals surface area contributed by atoms with Crippen LogP contribution in [0.3, 0.4) is 0 Å². The van der Waals surface area contributed by atoms with Gasteiger partial charge in [-0.25, -0.2) is 0 Å². The van der Waals surface area contributed by atoms with Crippen molar-refractivity contribution in [1.29, 1.82) is 0 Å². The zero-order chi connectivity index (χ0) is 14.7. The number of aromatic nitrogens is 1. The van der Waals surface area contributed by atoms with E-state index in [9.17, 15) is 14.9 Å². The van der Waals surface area contributed by atoms with Gasteiger partial charge in [0.2, 0.25) is 0 Å². The minimum absolute atomic E-state index is 0.00309. The number of nitro benzene ring substituents is 1. The molecule has 8 heteroatoms. The fourth-order valence-corrected chi connectivity index (χ4v) is 1.70. The standard InChI is InChI=1S/C12H12N4O4/c1-7-6-20-12(14-7)15-11(17)8-4-3-5-9(13-2)10(8)16(18)19/h3-6,13H,1-2H3,(H,14,15,17). The molecule has 0 unspecified atom stereocenters. The molecular weight excluding hydrogens is 264 g/mol. The van der Waals surface area contributed by atoms with Gasteiger partial charge in [-0.15, -0.1) is 0 Å². The lowest BCUT2D eigenvalue weighted by Gasteiger charge is -2.06. The van der Waals surface area contributed by atoms with Crippen molar-refractivity contribution >= 4 is 23.3 Å². The molecule has 1 aromatic carbocycles. The Morgan fingerprint density at radius 3 is 2.75 bits per heavy atom. The van der Waals surface area contributed by atoms with Crippen LogP contribution in [0.4, 0.5) is 17.4 Å². The van der Waals surface area contributed by atoms with Crippen molar-refractivity contribution in [3.05, 3.63) is 45.8 Å². The number of rotatable bonds is 4. The molecule has 1 amide bonds. The summed E-state index contributed by atoms with van der Waals surface area (Å²) in [7, 11) is 1.54. The molecule has 20 heavy (non-hydrogen) atoms. The fourth-order valence-electron chi connectivity index (χ4n) is 1.70.